The highest BCUT2D eigenvalue weighted by Crippen LogP contribution is 2.39. The molecule has 1 rings (SSSR count). The molecule has 1 fully saturated rings. The average molecular weight is 169 g/mol. The van der Waals surface area contributed by atoms with Gasteiger partial charge in [-0.05, 0) is 37.9 Å². The molecule has 0 aromatic carbocycles. The smallest absolute Gasteiger partial charge is 0.102 e. The molecule has 0 saturated heterocycles. The minimum absolute atomic E-state index is 0.0352. The highest BCUT2D eigenvalue weighted by molar-refractivity contribution is 8.00. The van der Waals surface area contributed by atoms with Gasteiger partial charge in [-0.2, -0.15) is 5.26 Å². The number of rotatable bonds is 1. The van der Waals surface area contributed by atoms with Crippen LogP contribution in [-0.4, -0.2) is 11.0 Å². The van der Waals surface area contributed by atoms with Gasteiger partial charge in [-0.1, -0.05) is 6.92 Å². The zero-order valence-electron chi connectivity index (χ0n) is 7.26. The standard InChI is InChI=1S/C9H15NS/c1-8-3-5-9(7-10,11-2)6-4-8/h8H,3-6H2,1-2H3. The molecule has 0 radical (unpaired) electrons. The van der Waals surface area contributed by atoms with E-state index < -0.39 is 0 Å². The van der Waals surface area contributed by atoms with Crippen LogP contribution in [0.5, 0.6) is 0 Å². The van der Waals surface area contributed by atoms with E-state index in [1.165, 1.54) is 12.8 Å². The van der Waals surface area contributed by atoms with E-state index >= 15 is 0 Å². The monoisotopic (exact) mass is 169 g/mol. The van der Waals surface area contributed by atoms with Crippen LogP contribution in [0.1, 0.15) is 32.6 Å². The lowest BCUT2D eigenvalue weighted by molar-refractivity contribution is 0.358. The Kier molecular flexibility index (Phi) is 2.84. The van der Waals surface area contributed by atoms with Crippen molar-refractivity contribution < 1.29 is 0 Å². The normalized spacial score (nSPS) is 38.1. The van der Waals surface area contributed by atoms with E-state index in [0.29, 0.717) is 0 Å². The quantitative estimate of drug-likeness (QED) is 0.602. The number of nitriles is 1. The summed E-state index contributed by atoms with van der Waals surface area (Å²) in [6.45, 7) is 2.28. The highest BCUT2D eigenvalue weighted by Gasteiger charge is 2.33. The van der Waals surface area contributed by atoms with Gasteiger partial charge in [0.25, 0.3) is 0 Å². The van der Waals surface area contributed by atoms with Crippen molar-refractivity contribution in [3.05, 3.63) is 0 Å². The Hall–Kier alpha value is -0.160. The Bertz CT molecular complexity index is 163. The molecule has 2 heteroatoms. The Morgan fingerprint density at radius 3 is 2.36 bits per heavy atom. The summed E-state index contributed by atoms with van der Waals surface area (Å²) >= 11 is 1.73. The van der Waals surface area contributed by atoms with E-state index in [1.54, 1.807) is 11.8 Å². The molecule has 1 nitrogen and oxygen atoms in total. The van der Waals surface area contributed by atoms with Crippen LogP contribution in [0.3, 0.4) is 0 Å². The van der Waals surface area contributed by atoms with Gasteiger partial charge in [0.15, 0.2) is 0 Å². The van der Waals surface area contributed by atoms with E-state index in [9.17, 15) is 0 Å². The fourth-order valence-corrected chi connectivity index (χ4v) is 2.33. The van der Waals surface area contributed by atoms with E-state index in [2.05, 4.69) is 19.2 Å². The van der Waals surface area contributed by atoms with E-state index in [4.69, 9.17) is 5.26 Å². The van der Waals surface area contributed by atoms with Crippen LogP contribution >= 0.6 is 11.8 Å². The minimum atomic E-state index is -0.0352. The third-order valence-corrected chi connectivity index (χ3v) is 3.96. The van der Waals surface area contributed by atoms with Gasteiger partial charge in [-0.3, -0.25) is 0 Å². The maximum absolute atomic E-state index is 8.96. The number of nitrogens with zero attached hydrogens (tertiary/aromatic N) is 1. The number of hydrogen-bond acceptors (Lipinski definition) is 2. The maximum atomic E-state index is 8.96. The zero-order valence-corrected chi connectivity index (χ0v) is 8.08. The molecule has 0 unspecified atom stereocenters. The first-order valence-electron chi connectivity index (χ1n) is 4.19. The second-order valence-corrected chi connectivity index (χ2v) is 4.68. The van der Waals surface area contributed by atoms with Crippen LogP contribution in [0.4, 0.5) is 0 Å². The Balaban J connectivity index is 2.54. The van der Waals surface area contributed by atoms with E-state index in [0.717, 1.165) is 18.8 Å². The maximum Gasteiger partial charge on any atom is 0.102 e. The Morgan fingerprint density at radius 1 is 1.45 bits per heavy atom. The third kappa shape index (κ3) is 1.90. The fraction of sp³-hybridized carbons (Fsp3) is 0.889. The van der Waals surface area contributed by atoms with Gasteiger partial charge in [0.2, 0.25) is 0 Å². The molecular formula is C9H15NS. The van der Waals surface area contributed by atoms with Gasteiger partial charge in [0.1, 0.15) is 4.75 Å². The van der Waals surface area contributed by atoms with Crippen LogP contribution in [0.2, 0.25) is 0 Å². The van der Waals surface area contributed by atoms with Gasteiger partial charge < -0.3 is 0 Å². The summed E-state index contributed by atoms with van der Waals surface area (Å²) in [6, 6.07) is 2.45. The molecule has 1 aliphatic carbocycles. The van der Waals surface area contributed by atoms with Gasteiger partial charge >= 0.3 is 0 Å². The molecule has 0 aromatic rings. The molecule has 0 atom stereocenters. The summed E-state index contributed by atoms with van der Waals surface area (Å²) in [5.41, 5.74) is 0. The summed E-state index contributed by atoms with van der Waals surface area (Å²) < 4.78 is -0.0352. The van der Waals surface area contributed by atoms with Crippen molar-refractivity contribution in [2.45, 2.75) is 37.4 Å². The van der Waals surface area contributed by atoms with Crippen molar-refractivity contribution in [1.29, 1.82) is 5.26 Å². The molecule has 11 heavy (non-hydrogen) atoms. The van der Waals surface area contributed by atoms with E-state index in [-0.39, 0.29) is 4.75 Å². The topological polar surface area (TPSA) is 23.8 Å². The first kappa shape index (κ1) is 8.93. The Morgan fingerprint density at radius 2 is 2.00 bits per heavy atom. The van der Waals surface area contributed by atoms with Crippen molar-refractivity contribution in [2.24, 2.45) is 5.92 Å². The molecule has 0 spiro atoms. The molecule has 0 bridgehead atoms. The largest absolute Gasteiger partial charge is 0.197 e. The predicted octanol–water partition coefficient (Wildman–Crippen LogP) is 2.82. The molecule has 0 aromatic heterocycles. The number of thioether (sulfide) groups is 1. The second kappa shape index (κ2) is 3.49. The predicted molar refractivity (Wildman–Crippen MR) is 49.5 cm³/mol. The van der Waals surface area contributed by atoms with Crippen LogP contribution in [0.25, 0.3) is 0 Å². The SMILES string of the molecule is CSC1(C#N)CCC(C)CC1. The summed E-state index contributed by atoms with van der Waals surface area (Å²) in [5, 5.41) is 8.96. The van der Waals surface area contributed by atoms with Crippen molar-refractivity contribution in [3.63, 3.8) is 0 Å². The first-order chi connectivity index (χ1) is 5.22. The summed E-state index contributed by atoms with van der Waals surface area (Å²) in [4.78, 5) is 0. The van der Waals surface area contributed by atoms with E-state index in [1.807, 2.05) is 0 Å². The molecule has 1 saturated carbocycles. The van der Waals surface area contributed by atoms with Crippen LogP contribution in [0.15, 0.2) is 0 Å². The van der Waals surface area contributed by atoms with Crippen molar-refractivity contribution >= 4 is 11.8 Å². The average Bonchev–Trinajstić information content (AvgIpc) is 2.07. The third-order valence-electron chi connectivity index (χ3n) is 2.68. The molecule has 0 aliphatic heterocycles. The minimum Gasteiger partial charge on any atom is -0.197 e. The van der Waals surface area contributed by atoms with Gasteiger partial charge in [0.05, 0.1) is 6.07 Å². The van der Waals surface area contributed by atoms with Gasteiger partial charge in [-0.15, -0.1) is 11.8 Å². The Labute approximate surface area is 73.2 Å². The van der Waals surface area contributed by atoms with Gasteiger partial charge in [-0.25, -0.2) is 0 Å². The second-order valence-electron chi connectivity index (χ2n) is 3.49. The molecule has 0 heterocycles. The lowest BCUT2D eigenvalue weighted by Crippen LogP contribution is -2.27. The molecule has 0 N–H and O–H groups in total. The lowest BCUT2D eigenvalue weighted by Gasteiger charge is -2.31. The fourth-order valence-electron chi connectivity index (χ4n) is 1.59. The molecule has 0 amide bonds. The summed E-state index contributed by atoms with van der Waals surface area (Å²) in [5.74, 6) is 0.837. The summed E-state index contributed by atoms with van der Waals surface area (Å²) in [6.07, 6.45) is 6.69. The zero-order chi connectivity index (χ0) is 8.32. The van der Waals surface area contributed by atoms with Crippen molar-refractivity contribution in [1.82, 2.24) is 0 Å². The highest BCUT2D eigenvalue weighted by atomic mass is 32.2. The van der Waals surface area contributed by atoms with Gasteiger partial charge in [0, 0.05) is 0 Å². The molecular weight excluding hydrogens is 154 g/mol. The van der Waals surface area contributed by atoms with Crippen LogP contribution in [0, 0.1) is 17.2 Å². The lowest BCUT2D eigenvalue weighted by atomic mass is 9.83. The number of hydrogen-bond donors (Lipinski definition) is 0. The first-order valence-corrected chi connectivity index (χ1v) is 5.41. The summed E-state index contributed by atoms with van der Waals surface area (Å²) in [7, 11) is 0. The van der Waals surface area contributed by atoms with Crippen LogP contribution < -0.4 is 0 Å². The molecule has 62 valence electrons. The van der Waals surface area contributed by atoms with Crippen molar-refractivity contribution in [3.8, 4) is 6.07 Å². The van der Waals surface area contributed by atoms with Crippen LogP contribution in [-0.2, 0) is 0 Å². The molecule has 1 aliphatic rings. The van der Waals surface area contributed by atoms with Crippen molar-refractivity contribution in [2.75, 3.05) is 6.26 Å².